The molecule has 0 spiro atoms. The van der Waals surface area contributed by atoms with Crippen molar-refractivity contribution in [1.82, 2.24) is 4.90 Å². The van der Waals surface area contributed by atoms with Crippen LogP contribution in [0.5, 0.6) is 11.5 Å². The summed E-state index contributed by atoms with van der Waals surface area (Å²) in [5, 5.41) is 3.53. The molecule has 136 valence electrons. The molecule has 0 radical (unpaired) electrons. The van der Waals surface area contributed by atoms with Crippen LogP contribution in [0.1, 0.15) is 24.4 Å². The Hall–Kier alpha value is -2.24. The number of ether oxygens (including phenoxy) is 2. The van der Waals surface area contributed by atoms with Gasteiger partial charge in [-0.1, -0.05) is 23.7 Å². The Kier molecular flexibility index (Phi) is 5.00. The van der Waals surface area contributed by atoms with Crippen molar-refractivity contribution in [2.45, 2.75) is 18.9 Å². The number of rotatable bonds is 4. The van der Waals surface area contributed by atoms with Crippen molar-refractivity contribution < 1.29 is 14.3 Å². The van der Waals surface area contributed by atoms with Gasteiger partial charge in [0.1, 0.15) is 13.2 Å². The molecule has 1 atom stereocenters. The third-order valence-corrected chi connectivity index (χ3v) is 5.00. The lowest BCUT2D eigenvalue weighted by Gasteiger charge is -2.26. The summed E-state index contributed by atoms with van der Waals surface area (Å²) in [7, 11) is 0. The first-order valence-corrected chi connectivity index (χ1v) is 9.26. The Morgan fingerprint density at radius 2 is 2.00 bits per heavy atom. The lowest BCUT2D eigenvalue weighted by atomic mass is 10.0. The minimum atomic E-state index is -0.0308. The van der Waals surface area contributed by atoms with E-state index in [2.05, 4.69) is 16.3 Å². The monoisotopic (exact) mass is 372 g/mol. The Morgan fingerprint density at radius 3 is 2.85 bits per heavy atom. The standard InChI is InChI=1S/C20H21ClN2O3/c21-15-3-1-4-16(12-15)22-20(24)13-23-8-2-5-17(23)14-6-7-18-19(11-14)26-10-9-25-18/h1,3-4,6-7,11-12,17H,2,5,8-10,13H2,(H,22,24)/t17-/m0/s1. The number of nitrogens with zero attached hydrogens (tertiary/aromatic N) is 1. The third kappa shape index (κ3) is 3.79. The van der Waals surface area contributed by atoms with E-state index in [4.69, 9.17) is 21.1 Å². The molecule has 6 heteroatoms. The van der Waals surface area contributed by atoms with Gasteiger partial charge in [-0.25, -0.2) is 0 Å². The van der Waals surface area contributed by atoms with Crippen LogP contribution in [-0.2, 0) is 4.79 Å². The van der Waals surface area contributed by atoms with Gasteiger partial charge in [0.15, 0.2) is 11.5 Å². The quantitative estimate of drug-likeness (QED) is 0.884. The molecule has 26 heavy (non-hydrogen) atoms. The molecule has 0 aliphatic carbocycles. The number of fused-ring (bicyclic) bond motifs is 1. The van der Waals surface area contributed by atoms with Gasteiger partial charge in [0.2, 0.25) is 5.91 Å². The molecule has 0 bridgehead atoms. The van der Waals surface area contributed by atoms with Crippen LogP contribution < -0.4 is 14.8 Å². The second kappa shape index (κ2) is 7.56. The van der Waals surface area contributed by atoms with Crippen LogP contribution in [0.25, 0.3) is 0 Å². The number of amides is 1. The maximum Gasteiger partial charge on any atom is 0.238 e. The van der Waals surface area contributed by atoms with E-state index in [1.807, 2.05) is 24.3 Å². The Bertz CT molecular complexity index is 811. The number of carbonyl (C=O) groups is 1. The second-order valence-electron chi connectivity index (χ2n) is 6.59. The highest BCUT2D eigenvalue weighted by molar-refractivity contribution is 6.30. The van der Waals surface area contributed by atoms with E-state index < -0.39 is 0 Å². The summed E-state index contributed by atoms with van der Waals surface area (Å²) in [5.74, 6) is 1.56. The van der Waals surface area contributed by atoms with Gasteiger partial charge in [0.05, 0.1) is 6.54 Å². The minimum Gasteiger partial charge on any atom is -0.486 e. The van der Waals surface area contributed by atoms with Gasteiger partial charge < -0.3 is 14.8 Å². The second-order valence-corrected chi connectivity index (χ2v) is 7.03. The fourth-order valence-corrected chi connectivity index (χ4v) is 3.80. The lowest BCUT2D eigenvalue weighted by Crippen LogP contribution is -2.33. The Labute approximate surface area is 157 Å². The van der Waals surface area contributed by atoms with E-state index in [1.165, 1.54) is 5.56 Å². The molecule has 0 unspecified atom stereocenters. The van der Waals surface area contributed by atoms with Crippen LogP contribution in [0.3, 0.4) is 0 Å². The molecule has 2 heterocycles. The summed E-state index contributed by atoms with van der Waals surface area (Å²) in [6, 6.07) is 13.5. The van der Waals surface area contributed by atoms with Gasteiger partial charge in [-0.2, -0.15) is 0 Å². The molecule has 2 aliphatic rings. The summed E-state index contributed by atoms with van der Waals surface area (Å²) in [6.45, 7) is 2.42. The highest BCUT2D eigenvalue weighted by Crippen LogP contribution is 2.37. The molecule has 2 aliphatic heterocycles. The van der Waals surface area contributed by atoms with Crippen LogP contribution >= 0.6 is 11.6 Å². The average Bonchev–Trinajstić information content (AvgIpc) is 3.09. The number of likely N-dealkylation sites (tertiary alicyclic amines) is 1. The third-order valence-electron chi connectivity index (χ3n) is 4.77. The fraction of sp³-hybridized carbons (Fsp3) is 0.350. The molecule has 1 fully saturated rings. The zero-order valence-electron chi connectivity index (χ0n) is 14.4. The van der Waals surface area contributed by atoms with Gasteiger partial charge in [-0.15, -0.1) is 0 Å². The van der Waals surface area contributed by atoms with Crippen molar-refractivity contribution in [3.05, 3.63) is 53.1 Å². The maximum absolute atomic E-state index is 12.4. The SMILES string of the molecule is O=C(CN1CCC[C@H]1c1ccc2c(c1)OCCO2)Nc1cccc(Cl)c1. The Balaban J connectivity index is 1.44. The van der Waals surface area contributed by atoms with Crippen LogP contribution in [-0.4, -0.2) is 37.1 Å². The summed E-state index contributed by atoms with van der Waals surface area (Å²) < 4.78 is 11.3. The number of hydrogen-bond acceptors (Lipinski definition) is 4. The van der Waals surface area contributed by atoms with Crippen molar-refractivity contribution in [3.63, 3.8) is 0 Å². The zero-order valence-corrected chi connectivity index (χ0v) is 15.2. The van der Waals surface area contributed by atoms with Gasteiger partial charge in [0, 0.05) is 16.8 Å². The number of carbonyl (C=O) groups excluding carboxylic acids is 1. The summed E-state index contributed by atoms with van der Waals surface area (Å²) in [5.41, 5.74) is 1.89. The van der Waals surface area contributed by atoms with E-state index in [-0.39, 0.29) is 11.9 Å². The van der Waals surface area contributed by atoms with Crippen molar-refractivity contribution in [2.24, 2.45) is 0 Å². The molecule has 1 N–H and O–H groups in total. The van der Waals surface area contributed by atoms with Crippen LogP contribution in [0.15, 0.2) is 42.5 Å². The van der Waals surface area contributed by atoms with E-state index in [0.29, 0.717) is 24.8 Å². The largest absolute Gasteiger partial charge is 0.486 e. The smallest absolute Gasteiger partial charge is 0.238 e. The van der Waals surface area contributed by atoms with E-state index in [0.717, 1.165) is 36.6 Å². The molecule has 0 aromatic heterocycles. The number of halogens is 1. The van der Waals surface area contributed by atoms with Crippen molar-refractivity contribution >= 4 is 23.2 Å². The summed E-state index contributed by atoms with van der Waals surface area (Å²) >= 11 is 5.98. The molecule has 2 aromatic carbocycles. The average molecular weight is 373 g/mol. The number of benzene rings is 2. The minimum absolute atomic E-state index is 0.0308. The van der Waals surface area contributed by atoms with Crippen LogP contribution in [0.2, 0.25) is 5.02 Å². The fourth-order valence-electron chi connectivity index (χ4n) is 3.61. The first-order chi connectivity index (χ1) is 12.7. The van der Waals surface area contributed by atoms with E-state index in [1.54, 1.807) is 12.1 Å². The van der Waals surface area contributed by atoms with Gasteiger partial charge >= 0.3 is 0 Å². The highest BCUT2D eigenvalue weighted by Gasteiger charge is 2.28. The summed E-state index contributed by atoms with van der Waals surface area (Å²) in [6.07, 6.45) is 2.10. The normalized spacial score (nSPS) is 19.3. The van der Waals surface area contributed by atoms with Crippen molar-refractivity contribution in [2.75, 3.05) is 31.6 Å². The predicted molar refractivity (Wildman–Crippen MR) is 101 cm³/mol. The molecular weight excluding hydrogens is 352 g/mol. The van der Waals surface area contributed by atoms with Crippen molar-refractivity contribution in [3.8, 4) is 11.5 Å². The Morgan fingerprint density at radius 1 is 1.15 bits per heavy atom. The molecule has 5 nitrogen and oxygen atoms in total. The van der Waals surface area contributed by atoms with Crippen LogP contribution in [0.4, 0.5) is 5.69 Å². The van der Waals surface area contributed by atoms with Crippen LogP contribution in [0, 0.1) is 0 Å². The molecule has 4 rings (SSSR count). The van der Waals surface area contributed by atoms with E-state index >= 15 is 0 Å². The van der Waals surface area contributed by atoms with Crippen molar-refractivity contribution in [1.29, 1.82) is 0 Å². The van der Waals surface area contributed by atoms with Gasteiger partial charge in [0.25, 0.3) is 0 Å². The lowest BCUT2D eigenvalue weighted by molar-refractivity contribution is -0.117. The summed E-state index contributed by atoms with van der Waals surface area (Å²) in [4.78, 5) is 14.7. The molecule has 2 aromatic rings. The highest BCUT2D eigenvalue weighted by atomic mass is 35.5. The first kappa shape index (κ1) is 17.2. The number of hydrogen-bond donors (Lipinski definition) is 1. The molecule has 1 amide bonds. The molecule has 0 saturated carbocycles. The predicted octanol–water partition coefficient (Wildman–Crippen LogP) is 3.89. The zero-order chi connectivity index (χ0) is 17.9. The van der Waals surface area contributed by atoms with Gasteiger partial charge in [-0.3, -0.25) is 9.69 Å². The molecule has 1 saturated heterocycles. The van der Waals surface area contributed by atoms with E-state index in [9.17, 15) is 4.79 Å². The molecular formula is C20H21ClN2O3. The van der Waals surface area contributed by atoms with Gasteiger partial charge in [-0.05, 0) is 55.3 Å². The first-order valence-electron chi connectivity index (χ1n) is 8.88. The number of anilines is 1. The topological polar surface area (TPSA) is 50.8 Å². The maximum atomic E-state index is 12.4. The number of nitrogens with one attached hydrogen (secondary N) is 1.